The number of carbonyl (C=O) groups is 1. The molecule has 0 spiro atoms. The van der Waals surface area contributed by atoms with Crippen molar-refractivity contribution < 1.29 is 17.9 Å². The highest BCUT2D eigenvalue weighted by Gasteiger charge is 2.37. The lowest BCUT2D eigenvalue weighted by molar-refractivity contribution is -0.127. The van der Waals surface area contributed by atoms with Crippen molar-refractivity contribution >= 4 is 37.5 Å². The molecule has 0 aromatic heterocycles. The zero-order chi connectivity index (χ0) is 17.3. The maximum absolute atomic E-state index is 13.1. The van der Waals surface area contributed by atoms with E-state index in [0.717, 1.165) is 0 Å². The number of likely N-dealkylation sites (N-methyl/N-ethyl adjacent to an activating group) is 1. The summed E-state index contributed by atoms with van der Waals surface area (Å²) in [5.41, 5.74) is 0.414. The van der Waals surface area contributed by atoms with E-state index in [1.165, 1.54) is 23.5 Å². The number of halogens is 1. The van der Waals surface area contributed by atoms with Gasteiger partial charge in [0.2, 0.25) is 0 Å². The highest BCUT2D eigenvalue weighted by atomic mass is 79.9. The summed E-state index contributed by atoms with van der Waals surface area (Å²) in [7, 11) is -2.34. The Morgan fingerprint density at radius 1 is 1.25 bits per heavy atom. The summed E-state index contributed by atoms with van der Waals surface area (Å²) in [4.78, 5) is 12.1. The molecule has 0 fully saturated rings. The summed E-state index contributed by atoms with van der Waals surface area (Å²) >= 11 is 3.28. The molecule has 2 aromatic carbocycles. The summed E-state index contributed by atoms with van der Waals surface area (Å²) in [6, 6.07) is 13.2. The van der Waals surface area contributed by atoms with E-state index in [9.17, 15) is 13.2 Å². The first-order chi connectivity index (χ1) is 11.4. The molecule has 6 nitrogen and oxygen atoms in total. The van der Waals surface area contributed by atoms with Gasteiger partial charge in [0.15, 0.2) is 6.10 Å². The van der Waals surface area contributed by atoms with Crippen LogP contribution in [0.1, 0.15) is 0 Å². The Morgan fingerprint density at radius 3 is 2.71 bits per heavy atom. The lowest BCUT2D eigenvalue weighted by Crippen LogP contribution is -2.50. The highest BCUT2D eigenvalue weighted by molar-refractivity contribution is 9.10. The van der Waals surface area contributed by atoms with Gasteiger partial charge >= 0.3 is 0 Å². The van der Waals surface area contributed by atoms with E-state index in [1.807, 2.05) is 0 Å². The zero-order valence-corrected chi connectivity index (χ0v) is 15.2. The molecule has 1 N–H and O–H groups in total. The molecule has 2 aromatic rings. The predicted octanol–water partition coefficient (Wildman–Crippen LogP) is 2.15. The number of rotatable bonds is 3. The van der Waals surface area contributed by atoms with Crippen molar-refractivity contribution in [2.24, 2.45) is 0 Å². The number of amides is 1. The maximum Gasteiger partial charge on any atom is 0.264 e. The van der Waals surface area contributed by atoms with E-state index in [4.69, 9.17) is 4.74 Å². The molecule has 0 saturated carbocycles. The van der Waals surface area contributed by atoms with Crippen LogP contribution in [0.15, 0.2) is 57.9 Å². The minimum atomic E-state index is -3.83. The number of nitrogens with zero attached hydrogens (tertiary/aromatic N) is 1. The van der Waals surface area contributed by atoms with E-state index in [1.54, 1.807) is 36.4 Å². The number of para-hydroxylation sites is 2. The molecule has 8 heteroatoms. The summed E-state index contributed by atoms with van der Waals surface area (Å²) in [6.07, 6.45) is -0.910. The van der Waals surface area contributed by atoms with Crippen LogP contribution in [-0.4, -0.2) is 34.0 Å². The van der Waals surface area contributed by atoms with Gasteiger partial charge in [-0.15, -0.1) is 0 Å². The molecular formula is C16H15BrN2O4S. The van der Waals surface area contributed by atoms with Crippen molar-refractivity contribution in [2.75, 3.05) is 17.9 Å². The maximum atomic E-state index is 13.1. The van der Waals surface area contributed by atoms with Gasteiger partial charge in [-0.3, -0.25) is 9.10 Å². The Bertz CT molecular complexity index is 885. The van der Waals surface area contributed by atoms with Crippen molar-refractivity contribution in [3.63, 3.8) is 0 Å². The van der Waals surface area contributed by atoms with Crippen LogP contribution in [0.4, 0.5) is 5.69 Å². The molecule has 0 radical (unpaired) electrons. The van der Waals surface area contributed by atoms with Crippen LogP contribution in [0, 0.1) is 0 Å². The fourth-order valence-corrected chi connectivity index (χ4v) is 4.56. The van der Waals surface area contributed by atoms with E-state index in [2.05, 4.69) is 21.2 Å². The van der Waals surface area contributed by atoms with E-state index in [-0.39, 0.29) is 17.3 Å². The summed E-state index contributed by atoms with van der Waals surface area (Å²) in [5, 5.41) is 2.49. The van der Waals surface area contributed by atoms with Gasteiger partial charge in [-0.2, -0.15) is 0 Å². The lowest BCUT2D eigenvalue weighted by atomic mass is 10.2. The van der Waals surface area contributed by atoms with Crippen molar-refractivity contribution in [1.29, 1.82) is 0 Å². The van der Waals surface area contributed by atoms with Crippen molar-refractivity contribution in [2.45, 2.75) is 11.0 Å². The summed E-state index contributed by atoms with van der Waals surface area (Å²) in [5.74, 6) is -0.0186. The number of sulfonamides is 1. The van der Waals surface area contributed by atoms with Crippen molar-refractivity contribution in [3.05, 3.63) is 53.0 Å². The van der Waals surface area contributed by atoms with Gasteiger partial charge in [-0.05, 0) is 30.3 Å². The first kappa shape index (κ1) is 16.8. The fourth-order valence-electron chi connectivity index (χ4n) is 2.48. The van der Waals surface area contributed by atoms with Crippen LogP contribution >= 0.6 is 15.9 Å². The topological polar surface area (TPSA) is 75.7 Å². The molecule has 0 bridgehead atoms. The van der Waals surface area contributed by atoms with Gasteiger partial charge in [-0.25, -0.2) is 8.42 Å². The molecule has 24 heavy (non-hydrogen) atoms. The van der Waals surface area contributed by atoms with Crippen LogP contribution in [0.25, 0.3) is 0 Å². The Labute approximate surface area is 148 Å². The Morgan fingerprint density at radius 2 is 2.00 bits per heavy atom. The molecule has 0 saturated heterocycles. The number of anilines is 1. The van der Waals surface area contributed by atoms with Crippen LogP contribution in [-0.2, 0) is 14.8 Å². The molecule has 1 aliphatic rings. The zero-order valence-electron chi connectivity index (χ0n) is 12.8. The van der Waals surface area contributed by atoms with E-state index >= 15 is 0 Å². The SMILES string of the molecule is CNC(=O)C1CN(S(=O)(=O)c2cccc(Br)c2)c2ccccc2O1. The molecule has 3 rings (SSSR count). The van der Waals surface area contributed by atoms with Crippen molar-refractivity contribution in [3.8, 4) is 5.75 Å². The monoisotopic (exact) mass is 410 g/mol. The van der Waals surface area contributed by atoms with Gasteiger partial charge in [-0.1, -0.05) is 34.1 Å². The number of benzene rings is 2. The standard InChI is InChI=1S/C16H15BrN2O4S/c1-18-16(20)15-10-19(13-7-2-3-8-14(13)23-15)24(21,22)12-6-4-5-11(17)9-12/h2-9,15H,10H2,1H3,(H,18,20). The number of hydrogen-bond donors (Lipinski definition) is 1. The highest BCUT2D eigenvalue weighted by Crippen LogP contribution is 2.37. The number of fused-ring (bicyclic) bond motifs is 1. The average Bonchev–Trinajstić information content (AvgIpc) is 2.60. The smallest absolute Gasteiger partial charge is 0.264 e. The normalized spacial score (nSPS) is 16.9. The van der Waals surface area contributed by atoms with E-state index < -0.39 is 16.1 Å². The number of carbonyl (C=O) groups excluding carboxylic acids is 1. The van der Waals surface area contributed by atoms with E-state index in [0.29, 0.717) is 15.9 Å². The summed E-state index contributed by atoms with van der Waals surface area (Å²) < 4.78 is 33.7. The van der Waals surface area contributed by atoms with Gasteiger partial charge < -0.3 is 10.1 Å². The number of ether oxygens (including phenoxy) is 1. The van der Waals surface area contributed by atoms with Gasteiger partial charge in [0.05, 0.1) is 17.1 Å². The predicted molar refractivity (Wildman–Crippen MR) is 93.6 cm³/mol. The summed E-state index contributed by atoms with van der Waals surface area (Å²) in [6.45, 7) is -0.0917. The van der Waals surface area contributed by atoms with Crippen LogP contribution in [0.5, 0.6) is 5.75 Å². The molecule has 126 valence electrons. The van der Waals surface area contributed by atoms with Gasteiger partial charge in [0, 0.05) is 11.5 Å². The van der Waals surface area contributed by atoms with Crippen LogP contribution in [0.2, 0.25) is 0 Å². The third kappa shape index (κ3) is 2.99. The first-order valence-corrected chi connectivity index (χ1v) is 9.42. The average molecular weight is 411 g/mol. The third-order valence-corrected chi connectivity index (χ3v) is 5.93. The lowest BCUT2D eigenvalue weighted by Gasteiger charge is -2.34. The number of hydrogen-bond acceptors (Lipinski definition) is 4. The Kier molecular flexibility index (Phi) is 4.51. The van der Waals surface area contributed by atoms with Crippen LogP contribution < -0.4 is 14.4 Å². The van der Waals surface area contributed by atoms with Gasteiger partial charge in [0.1, 0.15) is 5.75 Å². The molecule has 1 heterocycles. The fraction of sp³-hybridized carbons (Fsp3) is 0.188. The second-order valence-corrected chi connectivity index (χ2v) is 7.96. The minimum absolute atomic E-state index is 0.0917. The molecule has 1 unspecified atom stereocenters. The second kappa shape index (κ2) is 6.45. The minimum Gasteiger partial charge on any atom is -0.476 e. The quantitative estimate of drug-likeness (QED) is 0.840. The number of nitrogens with one attached hydrogen (secondary N) is 1. The van der Waals surface area contributed by atoms with Crippen molar-refractivity contribution in [1.82, 2.24) is 5.32 Å². The molecular weight excluding hydrogens is 396 g/mol. The molecule has 1 aliphatic heterocycles. The molecule has 0 aliphatic carbocycles. The second-order valence-electron chi connectivity index (χ2n) is 5.18. The van der Waals surface area contributed by atoms with Gasteiger partial charge in [0.25, 0.3) is 15.9 Å². The Balaban J connectivity index is 2.09. The molecule has 1 amide bonds. The van der Waals surface area contributed by atoms with Crippen LogP contribution in [0.3, 0.4) is 0 Å². The molecule has 1 atom stereocenters. The first-order valence-electron chi connectivity index (χ1n) is 7.19. The third-order valence-electron chi connectivity index (χ3n) is 3.66. The Hall–Kier alpha value is -2.06. The largest absolute Gasteiger partial charge is 0.476 e.